The first kappa shape index (κ1) is 23.2. The third-order valence-corrected chi connectivity index (χ3v) is 7.00. The predicted molar refractivity (Wildman–Crippen MR) is 136 cm³/mol. The molecule has 35 heavy (non-hydrogen) atoms. The Kier molecular flexibility index (Phi) is 6.14. The number of carbonyl (C=O) groups excluding carboxylic acids is 1. The summed E-state index contributed by atoms with van der Waals surface area (Å²) in [4.78, 5) is 31.7. The Morgan fingerprint density at radius 1 is 1.14 bits per heavy atom. The molecule has 10 heteroatoms. The minimum atomic E-state index is -0.218. The van der Waals surface area contributed by atoms with Gasteiger partial charge in [-0.3, -0.25) is 9.48 Å². The number of nitrogens with two attached hydrogens (primary N) is 2. The summed E-state index contributed by atoms with van der Waals surface area (Å²) in [5.41, 5.74) is 16.4. The topological polar surface area (TPSA) is 132 Å². The average Bonchev–Trinajstić information content (AvgIpc) is 3.45. The van der Waals surface area contributed by atoms with Gasteiger partial charge in [-0.15, -0.1) is 0 Å². The van der Waals surface area contributed by atoms with E-state index in [1.165, 1.54) is 0 Å². The van der Waals surface area contributed by atoms with Crippen molar-refractivity contribution in [3.63, 3.8) is 0 Å². The van der Waals surface area contributed by atoms with Gasteiger partial charge in [0.2, 0.25) is 0 Å². The Bertz CT molecular complexity index is 1300. The van der Waals surface area contributed by atoms with Crippen molar-refractivity contribution in [1.29, 1.82) is 0 Å². The first-order valence-electron chi connectivity index (χ1n) is 12.2. The van der Waals surface area contributed by atoms with Crippen LogP contribution >= 0.6 is 0 Å². The lowest BCUT2D eigenvalue weighted by molar-refractivity contribution is 0.0654. The standard InChI is InChI=1S/C25H33N9O/c1-15-12-28-22(31-23(15)33-9-7-17(26)14-33)11-20(27)21-6-4-5-8-34(21)25(35)18-10-16(2)30-24-19(18)13-29-32(24)3/h10-13,17,21H,4-9,14,26-27H2,1-3H3/t17-,21-/m0/s1. The quantitative estimate of drug-likeness (QED) is 0.585. The fourth-order valence-corrected chi connectivity index (χ4v) is 5.15. The Labute approximate surface area is 205 Å². The largest absolute Gasteiger partial charge is 0.400 e. The average molecular weight is 476 g/mol. The minimum Gasteiger partial charge on any atom is -0.400 e. The third-order valence-electron chi connectivity index (χ3n) is 7.00. The van der Waals surface area contributed by atoms with Crippen LogP contribution in [0.2, 0.25) is 0 Å². The highest BCUT2D eigenvalue weighted by Gasteiger charge is 2.31. The van der Waals surface area contributed by atoms with Gasteiger partial charge in [-0.1, -0.05) is 0 Å². The number of rotatable bonds is 4. The molecule has 0 aliphatic carbocycles. The van der Waals surface area contributed by atoms with Gasteiger partial charge in [-0.2, -0.15) is 5.10 Å². The number of piperidine rings is 1. The second kappa shape index (κ2) is 9.26. The zero-order valence-electron chi connectivity index (χ0n) is 20.6. The van der Waals surface area contributed by atoms with Gasteiger partial charge in [0.25, 0.3) is 5.91 Å². The van der Waals surface area contributed by atoms with E-state index < -0.39 is 0 Å². The summed E-state index contributed by atoms with van der Waals surface area (Å²) in [5, 5.41) is 5.06. The molecule has 2 aliphatic rings. The van der Waals surface area contributed by atoms with Crippen molar-refractivity contribution >= 4 is 28.8 Å². The van der Waals surface area contributed by atoms with Crippen molar-refractivity contribution in [3.05, 3.63) is 46.8 Å². The molecular formula is C25H33N9O. The summed E-state index contributed by atoms with van der Waals surface area (Å²) in [5.74, 6) is 1.40. The number of pyridine rings is 1. The Balaban J connectivity index is 1.45. The smallest absolute Gasteiger partial charge is 0.255 e. The van der Waals surface area contributed by atoms with Gasteiger partial charge in [0.15, 0.2) is 11.5 Å². The molecule has 2 atom stereocenters. The molecule has 2 saturated heterocycles. The fraction of sp³-hybridized carbons (Fsp3) is 0.480. The van der Waals surface area contributed by atoms with Crippen LogP contribution < -0.4 is 16.4 Å². The molecule has 0 radical (unpaired) electrons. The van der Waals surface area contributed by atoms with Crippen molar-refractivity contribution < 1.29 is 4.79 Å². The molecule has 5 rings (SSSR count). The first-order chi connectivity index (χ1) is 16.8. The molecule has 0 spiro atoms. The lowest BCUT2D eigenvalue weighted by Crippen LogP contribution is -2.46. The molecule has 5 heterocycles. The van der Waals surface area contributed by atoms with Crippen LogP contribution in [0.3, 0.4) is 0 Å². The monoisotopic (exact) mass is 475 g/mol. The molecule has 3 aromatic heterocycles. The summed E-state index contributed by atoms with van der Waals surface area (Å²) >= 11 is 0. The molecule has 0 unspecified atom stereocenters. The van der Waals surface area contributed by atoms with E-state index in [9.17, 15) is 4.79 Å². The van der Waals surface area contributed by atoms with E-state index in [1.54, 1.807) is 10.9 Å². The number of nitrogens with zero attached hydrogens (tertiary/aromatic N) is 7. The number of aryl methyl sites for hydroxylation is 3. The van der Waals surface area contributed by atoms with E-state index in [0.717, 1.165) is 61.2 Å². The number of hydrogen-bond donors (Lipinski definition) is 2. The normalized spacial score (nSPS) is 21.2. The Hall–Kier alpha value is -3.53. The first-order valence-corrected chi connectivity index (χ1v) is 12.2. The second-order valence-corrected chi connectivity index (χ2v) is 9.70. The van der Waals surface area contributed by atoms with Gasteiger partial charge in [-0.25, -0.2) is 15.0 Å². The number of hydrogen-bond acceptors (Lipinski definition) is 8. The van der Waals surface area contributed by atoms with Crippen LogP contribution in [0, 0.1) is 13.8 Å². The minimum absolute atomic E-state index is 0.0499. The van der Waals surface area contributed by atoms with Crippen molar-refractivity contribution in [3.8, 4) is 0 Å². The number of anilines is 1. The maximum atomic E-state index is 13.8. The van der Waals surface area contributed by atoms with E-state index in [0.29, 0.717) is 29.3 Å². The molecule has 3 aromatic rings. The van der Waals surface area contributed by atoms with Crippen molar-refractivity contribution in [2.45, 2.75) is 51.6 Å². The summed E-state index contributed by atoms with van der Waals surface area (Å²) < 4.78 is 1.70. The highest BCUT2D eigenvalue weighted by Crippen LogP contribution is 2.27. The number of aromatic nitrogens is 5. The number of carbonyl (C=O) groups is 1. The van der Waals surface area contributed by atoms with Crippen LogP contribution in [-0.2, 0) is 7.05 Å². The predicted octanol–water partition coefficient (Wildman–Crippen LogP) is 1.91. The van der Waals surface area contributed by atoms with Crippen LogP contribution in [-0.4, -0.2) is 67.3 Å². The van der Waals surface area contributed by atoms with Gasteiger partial charge in [0.05, 0.1) is 23.2 Å². The molecule has 2 fully saturated rings. The zero-order chi connectivity index (χ0) is 24.7. The van der Waals surface area contributed by atoms with Gasteiger partial charge >= 0.3 is 0 Å². The fourth-order valence-electron chi connectivity index (χ4n) is 5.15. The zero-order valence-corrected chi connectivity index (χ0v) is 20.6. The Morgan fingerprint density at radius 3 is 2.74 bits per heavy atom. The van der Waals surface area contributed by atoms with E-state index in [4.69, 9.17) is 16.5 Å². The summed E-state index contributed by atoms with van der Waals surface area (Å²) in [6.07, 6.45) is 9.05. The second-order valence-electron chi connectivity index (χ2n) is 9.70. The highest BCUT2D eigenvalue weighted by molar-refractivity contribution is 6.05. The maximum Gasteiger partial charge on any atom is 0.255 e. The molecule has 0 aromatic carbocycles. The third kappa shape index (κ3) is 4.45. The lowest BCUT2D eigenvalue weighted by Gasteiger charge is -2.36. The van der Waals surface area contributed by atoms with E-state index in [1.807, 2.05) is 44.1 Å². The number of fused-ring (bicyclic) bond motifs is 1. The molecule has 0 saturated carbocycles. The van der Waals surface area contributed by atoms with E-state index in [-0.39, 0.29) is 18.0 Å². The molecule has 4 N–H and O–H groups in total. The molecule has 0 bridgehead atoms. The van der Waals surface area contributed by atoms with Gasteiger partial charge in [0.1, 0.15) is 5.82 Å². The van der Waals surface area contributed by atoms with E-state index >= 15 is 0 Å². The van der Waals surface area contributed by atoms with Crippen LogP contribution in [0.1, 0.15) is 53.1 Å². The van der Waals surface area contributed by atoms with Crippen molar-refractivity contribution in [1.82, 2.24) is 29.6 Å². The molecular weight excluding hydrogens is 442 g/mol. The van der Waals surface area contributed by atoms with Gasteiger partial charge < -0.3 is 21.3 Å². The Morgan fingerprint density at radius 2 is 1.97 bits per heavy atom. The highest BCUT2D eigenvalue weighted by atomic mass is 16.2. The van der Waals surface area contributed by atoms with Crippen LogP contribution in [0.5, 0.6) is 0 Å². The summed E-state index contributed by atoms with van der Waals surface area (Å²) in [6, 6.07) is 1.79. The molecule has 184 valence electrons. The van der Waals surface area contributed by atoms with E-state index in [2.05, 4.69) is 20.0 Å². The summed E-state index contributed by atoms with van der Waals surface area (Å²) in [6.45, 7) is 6.22. The maximum absolute atomic E-state index is 13.8. The van der Waals surface area contributed by atoms with Crippen LogP contribution in [0.15, 0.2) is 24.2 Å². The van der Waals surface area contributed by atoms with Crippen molar-refractivity contribution in [2.75, 3.05) is 24.5 Å². The van der Waals surface area contributed by atoms with Gasteiger partial charge in [-0.05, 0) is 45.6 Å². The molecule has 1 amide bonds. The van der Waals surface area contributed by atoms with Crippen LogP contribution in [0.4, 0.5) is 5.82 Å². The lowest BCUT2D eigenvalue weighted by atomic mass is 9.97. The van der Waals surface area contributed by atoms with Crippen LogP contribution in [0.25, 0.3) is 17.1 Å². The number of likely N-dealkylation sites (tertiary alicyclic amines) is 1. The van der Waals surface area contributed by atoms with Gasteiger partial charge in [0, 0.05) is 62.0 Å². The number of amides is 1. The summed E-state index contributed by atoms with van der Waals surface area (Å²) in [7, 11) is 1.83. The molecule has 2 aliphatic heterocycles. The van der Waals surface area contributed by atoms with Crippen molar-refractivity contribution in [2.24, 2.45) is 18.5 Å². The molecule has 10 nitrogen and oxygen atoms in total. The SMILES string of the molecule is Cc1cc(C(=O)N2CCCC[C@H]2C(N)=Cc2ncc(C)c(N3CC[C@H](N)C3)n2)c2cnn(C)c2n1.